The van der Waals surface area contributed by atoms with Crippen LogP contribution in [0.15, 0.2) is 51.9 Å². The van der Waals surface area contributed by atoms with Gasteiger partial charge in [-0.3, -0.25) is 9.59 Å². The van der Waals surface area contributed by atoms with Crippen molar-refractivity contribution in [2.45, 2.75) is 6.54 Å². The number of carbonyl (C=O) groups excluding carboxylic acids is 1. The summed E-state index contributed by atoms with van der Waals surface area (Å²) in [6, 6.07) is 10.7. The Morgan fingerprint density at radius 3 is 2.71 bits per heavy atom. The molecule has 1 amide bonds. The normalized spacial score (nSPS) is 14.1. The lowest BCUT2D eigenvalue weighted by Crippen LogP contribution is -2.36. The van der Waals surface area contributed by atoms with Crippen molar-refractivity contribution in [3.8, 4) is 11.4 Å². The fourth-order valence-corrected chi connectivity index (χ4v) is 2.94. The summed E-state index contributed by atoms with van der Waals surface area (Å²) in [5.74, 6) is 0.156. The van der Waals surface area contributed by atoms with E-state index in [0.717, 1.165) is 18.8 Å². The first-order valence-corrected chi connectivity index (χ1v) is 8.92. The van der Waals surface area contributed by atoms with Crippen molar-refractivity contribution in [3.05, 3.63) is 64.4 Å². The number of ether oxygens (including phenoxy) is 1. The highest BCUT2D eigenvalue weighted by atomic mass is 16.5. The Bertz CT molecular complexity index is 1010. The maximum absolute atomic E-state index is 12.3. The number of benzene rings is 1. The van der Waals surface area contributed by atoms with Gasteiger partial charge in [-0.05, 0) is 36.4 Å². The van der Waals surface area contributed by atoms with E-state index < -0.39 is 0 Å². The molecule has 9 heteroatoms. The van der Waals surface area contributed by atoms with Crippen molar-refractivity contribution in [2.75, 3.05) is 31.2 Å². The Kier molecular flexibility index (Phi) is 5.16. The Labute approximate surface area is 160 Å². The third-order valence-corrected chi connectivity index (χ3v) is 4.43. The van der Waals surface area contributed by atoms with E-state index in [1.165, 1.54) is 6.20 Å². The lowest BCUT2D eigenvalue weighted by molar-refractivity contribution is 0.0946. The van der Waals surface area contributed by atoms with Gasteiger partial charge in [0.1, 0.15) is 0 Å². The van der Waals surface area contributed by atoms with E-state index in [0.29, 0.717) is 24.3 Å². The molecule has 144 valence electrons. The average Bonchev–Trinajstić information content (AvgIpc) is 3.22. The minimum Gasteiger partial charge on any atom is -0.378 e. The number of aromatic nitrogens is 3. The number of hydrogen-bond donors (Lipinski definition) is 2. The second kappa shape index (κ2) is 8.05. The highest BCUT2D eigenvalue weighted by Crippen LogP contribution is 2.17. The standard InChI is InChI=1S/C19H19N5O4/c25-18(13-3-5-14(6-4-13)24-8-10-27-11-9-24)21-12-16-22-17(23-28-16)15-2-1-7-20-19(15)26/h1-7H,8-12H2,(H,20,26)(H,21,25). The monoisotopic (exact) mass is 381 g/mol. The number of carbonyl (C=O) groups is 1. The lowest BCUT2D eigenvalue weighted by Gasteiger charge is -2.28. The molecule has 28 heavy (non-hydrogen) atoms. The zero-order chi connectivity index (χ0) is 19.3. The summed E-state index contributed by atoms with van der Waals surface area (Å²) >= 11 is 0. The number of H-pyrrole nitrogens is 1. The van der Waals surface area contributed by atoms with Crippen molar-refractivity contribution in [1.29, 1.82) is 0 Å². The van der Waals surface area contributed by atoms with Crippen LogP contribution in [0.5, 0.6) is 0 Å². The Morgan fingerprint density at radius 2 is 1.96 bits per heavy atom. The number of anilines is 1. The van der Waals surface area contributed by atoms with Gasteiger partial charge in [0.15, 0.2) is 0 Å². The molecule has 1 fully saturated rings. The number of pyridine rings is 1. The summed E-state index contributed by atoms with van der Waals surface area (Å²) in [5.41, 5.74) is 1.60. The van der Waals surface area contributed by atoms with Gasteiger partial charge in [-0.25, -0.2) is 0 Å². The second-order valence-corrected chi connectivity index (χ2v) is 6.25. The topological polar surface area (TPSA) is 113 Å². The molecule has 4 rings (SSSR count). The highest BCUT2D eigenvalue weighted by Gasteiger charge is 2.14. The number of aromatic amines is 1. The predicted octanol–water partition coefficient (Wildman–Crippen LogP) is 1.19. The molecule has 0 aliphatic carbocycles. The number of morpholine rings is 1. The Balaban J connectivity index is 1.37. The van der Waals surface area contributed by atoms with Gasteiger partial charge in [0.2, 0.25) is 11.7 Å². The molecule has 0 atom stereocenters. The lowest BCUT2D eigenvalue weighted by atomic mass is 10.1. The van der Waals surface area contributed by atoms with Gasteiger partial charge in [0, 0.05) is 30.5 Å². The van der Waals surface area contributed by atoms with Gasteiger partial charge in [-0.15, -0.1) is 0 Å². The number of nitrogens with one attached hydrogen (secondary N) is 2. The minimum absolute atomic E-state index is 0.0712. The second-order valence-electron chi connectivity index (χ2n) is 6.25. The SMILES string of the molecule is O=C(NCc1nc(-c2ccc[nH]c2=O)no1)c1ccc(N2CCOCC2)cc1. The molecule has 0 unspecified atom stereocenters. The van der Waals surface area contributed by atoms with Crippen LogP contribution >= 0.6 is 0 Å². The molecule has 0 radical (unpaired) electrons. The first kappa shape index (κ1) is 17.9. The highest BCUT2D eigenvalue weighted by molar-refractivity contribution is 5.94. The van der Waals surface area contributed by atoms with Crippen LogP contribution < -0.4 is 15.8 Å². The van der Waals surface area contributed by atoms with Crippen molar-refractivity contribution >= 4 is 11.6 Å². The van der Waals surface area contributed by atoms with E-state index in [1.54, 1.807) is 24.3 Å². The average molecular weight is 381 g/mol. The fourth-order valence-electron chi connectivity index (χ4n) is 2.94. The summed E-state index contributed by atoms with van der Waals surface area (Å²) in [5, 5.41) is 6.53. The third kappa shape index (κ3) is 3.94. The van der Waals surface area contributed by atoms with Crippen molar-refractivity contribution < 1.29 is 14.1 Å². The van der Waals surface area contributed by atoms with Crippen LogP contribution in [-0.4, -0.2) is 47.3 Å². The van der Waals surface area contributed by atoms with E-state index in [1.807, 2.05) is 12.1 Å². The summed E-state index contributed by atoms with van der Waals surface area (Å²) in [6.07, 6.45) is 1.53. The van der Waals surface area contributed by atoms with Crippen LogP contribution in [0.4, 0.5) is 5.69 Å². The van der Waals surface area contributed by atoms with E-state index in [9.17, 15) is 9.59 Å². The molecule has 2 N–H and O–H groups in total. The van der Waals surface area contributed by atoms with Crippen LogP contribution in [0.25, 0.3) is 11.4 Å². The van der Waals surface area contributed by atoms with Gasteiger partial charge in [-0.1, -0.05) is 5.16 Å². The van der Waals surface area contributed by atoms with Crippen molar-refractivity contribution in [3.63, 3.8) is 0 Å². The predicted molar refractivity (Wildman–Crippen MR) is 101 cm³/mol. The van der Waals surface area contributed by atoms with Gasteiger partial charge < -0.3 is 24.5 Å². The summed E-state index contributed by atoms with van der Waals surface area (Å²) < 4.78 is 10.5. The fraction of sp³-hybridized carbons (Fsp3) is 0.263. The molecular weight excluding hydrogens is 362 g/mol. The van der Waals surface area contributed by atoms with E-state index in [4.69, 9.17) is 9.26 Å². The number of hydrogen-bond acceptors (Lipinski definition) is 7. The Hall–Kier alpha value is -3.46. The van der Waals surface area contributed by atoms with E-state index >= 15 is 0 Å². The van der Waals surface area contributed by atoms with Crippen LogP contribution in [0.1, 0.15) is 16.2 Å². The molecule has 3 aromatic rings. The molecule has 0 bridgehead atoms. The Morgan fingerprint density at radius 1 is 1.18 bits per heavy atom. The molecular formula is C19H19N5O4. The molecule has 0 saturated carbocycles. The van der Waals surface area contributed by atoms with Crippen LogP contribution in [0.2, 0.25) is 0 Å². The third-order valence-electron chi connectivity index (χ3n) is 4.43. The van der Waals surface area contributed by atoms with Crippen LogP contribution in [0, 0.1) is 0 Å². The smallest absolute Gasteiger partial charge is 0.259 e. The zero-order valence-corrected chi connectivity index (χ0v) is 15.1. The number of amides is 1. The van der Waals surface area contributed by atoms with Gasteiger partial charge >= 0.3 is 0 Å². The van der Waals surface area contributed by atoms with Gasteiger partial charge in [0.25, 0.3) is 11.5 Å². The molecule has 1 aliphatic rings. The molecule has 1 aromatic carbocycles. The molecule has 9 nitrogen and oxygen atoms in total. The minimum atomic E-state index is -0.306. The van der Waals surface area contributed by atoms with E-state index in [-0.39, 0.29) is 29.7 Å². The quantitative estimate of drug-likeness (QED) is 0.682. The first-order valence-electron chi connectivity index (χ1n) is 8.92. The van der Waals surface area contributed by atoms with E-state index in [2.05, 4.69) is 25.3 Å². The molecule has 0 spiro atoms. The van der Waals surface area contributed by atoms with Crippen LogP contribution in [0.3, 0.4) is 0 Å². The molecule has 3 heterocycles. The zero-order valence-electron chi connectivity index (χ0n) is 15.1. The summed E-state index contributed by atoms with van der Waals surface area (Å²) in [6.45, 7) is 3.18. The number of rotatable bonds is 5. The van der Waals surface area contributed by atoms with Crippen molar-refractivity contribution in [2.24, 2.45) is 0 Å². The van der Waals surface area contributed by atoms with Crippen LogP contribution in [-0.2, 0) is 11.3 Å². The maximum atomic E-state index is 12.3. The molecule has 1 saturated heterocycles. The first-order chi connectivity index (χ1) is 13.7. The van der Waals surface area contributed by atoms with Crippen molar-refractivity contribution in [1.82, 2.24) is 20.4 Å². The molecule has 2 aromatic heterocycles. The van der Waals surface area contributed by atoms with Gasteiger partial charge in [0.05, 0.1) is 25.3 Å². The maximum Gasteiger partial charge on any atom is 0.259 e. The van der Waals surface area contributed by atoms with Gasteiger partial charge in [-0.2, -0.15) is 4.98 Å². The summed E-state index contributed by atoms with van der Waals surface area (Å²) in [7, 11) is 0. The largest absolute Gasteiger partial charge is 0.378 e. The number of nitrogens with zero attached hydrogens (tertiary/aromatic N) is 3. The summed E-state index contributed by atoms with van der Waals surface area (Å²) in [4.78, 5) is 33.0. The molecule has 1 aliphatic heterocycles.